The van der Waals surface area contributed by atoms with Crippen molar-refractivity contribution in [2.24, 2.45) is 0 Å². The summed E-state index contributed by atoms with van der Waals surface area (Å²) in [5.74, 6) is -0.385. The van der Waals surface area contributed by atoms with Gasteiger partial charge >= 0.3 is 0 Å². The zero-order valence-electron chi connectivity index (χ0n) is 18.9. The van der Waals surface area contributed by atoms with Crippen molar-refractivity contribution in [3.8, 4) is 0 Å². The number of rotatable bonds is 7. The Kier molecular flexibility index (Phi) is 6.70. The van der Waals surface area contributed by atoms with Crippen molar-refractivity contribution in [1.29, 1.82) is 0 Å². The molecule has 0 aliphatic heterocycles. The molecule has 6 heteroatoms. The van der Waals surface area contributed by atoms with Gasteiger partial charge in [-0.05, 0) is 65.0 Å². The highest BCUT2D eigenvalue weighted by atomic mass is 35.5. The van der Waals surface area contributed by atoms with Gasteiger partial charge in [0.25, 0.3) is 5.56 Å². The third-order valence-corrected chi connectivity index (χ3v) is 6.26. The molecule has 0 saturated carbocycles. The zero-order chi connectivity index (χ0) is 24.2. The van der Waals surface area contributed by atoms with Crippen LogP contribution in [0.5, 0.6) is 0 Å². The molecule has 0 aliphatic carbocycles. The smallest absolute Gasteiger partial charge is 0.255 e. The molecular formula is C29H23ClFN3O. The summed E-state index contributed by atoms with van der Waals surface area (Å²) in [6.45, 7) is 0.587. The first-order valence-electron chi connectivity index (χ1n) is 11.3. The molecule has 1 atom stereocenters. The van der Waals surface area contributed by atoms with Gasteiger partial charge < -0.3 is 9.88 Å². The maximum absolute atomic E-state index is 14.1. The van der Waals surface area contributed by atoms with E-state index in [-0.39, 0.29) is 24.0 Å². The standard InChI is InChI=1S/C29H23ClFN3O/c30-24-12-9-21(10-13-24)28(20-6-2-1-3-7-20)33-18-23-16-22-11-14-25(31)17-27(22)34(29(23)35)19-26-8-4-5-15-32-26/h1-17,28,33H,18-19H2/t28-/m0/s1. The second kappa shape index (κ2) is 10.2. The Balaban J connectivity index is 1.53. The second-order valence-electron chi connectivity index (χ2n) is 8.36. The van der Waals surface area contributed by atoms with Crippen molar-refractivity contribution in [2.75, 3.05) is 0 Å². The topological polar surface area (TPSA) is 46.9 Å². The molecule has 0 unspecified atom stereocenters. The molecule has 5 rings (SSSR count). The molecule has 0 fully saturated rings. The number of hydrogen-bond donors (Lipinski definition) is 1. The molecule has 0 radical (unpaired) electrons. The lowest BCUT2D eigenvalue weighted by molar-refractivity contribution is 0.597. The van der Waals surface area contributed by atoms with Crippen LogP contribution >= 0.6 is 11.6 Å². The van der Waals surface area contributed by atoms with E-state index >= 15 is 0 Å². The first-order chi connectivity index (χ1) is 17.1. The van der Waals surface area contributed by atoms with Crippen molar-refractivity contribution in [1.82, 2.24) is 14.9 Å². The molecule has 0 spiro atoms. The van der Waals surface area contributed by atoms with E-state index in [4.69, 9.17) is 11.6 Å². The van der Waals surface area contributed by atoms with Crippen molar-refractivity contribution in [3.63, 3.8) is 0 Å². The highest BCUT2D eigenvalue weighted by Gasteiger charge is 2.16. The average molecular weight is 484 g/mol. The summed E-state index contributed by atoms with van der Waals surface area (Å²) in [6, 6.07) is 29.5. The fourth-order valence-electron chi connectivity index (χ4n) is 4.28. The van der Waals surface area contributed by atoms with Crippen LogP contribution in [0.15, 0.2) is 108 Å². The number of hydrogen-bond acceptors (Lipinski definition) is 3. The lowest BCUT2D eigenvalue weighted by atomic mass is 9.98. The average Bonchev–Trinajstić information content (AvgIpc) is 2.89. The second-order valence-corrected chi connectivity index (χ2v) is 8.80. The fraction of sp³-hybridized carbons (Fsp3) is 0.103. The molecule has 2 aromatic heterocycles. The summed E-state index contributed by atoms with van der Waals surface area (Å²) in [5.41, 5.74) is 3.80. The lowest BCUT2D eigenvalue weighted by Gasteiger charge is -2.21. The summed E-state index contributed by atoms with van der Waals surface area (Å²) in [5, 5.41) is 5.01. The van der Waals surface area contributed by atoms with Gasteiger partial charge in [0.1, 0.15) is 5.82 Å². The van der Waals surface area contributed by atoms with Gasteiger partial charge in [-0.1, -0.05) is 60.1 Å². The van der Waals surface area contributed by atoms with E-state index in [1.807, 2.05) is 66.7 Å². The van der Waals surface area contributed by atoms with Crippen LogP contribution in [0.1, 0.15) is 28.4 Å². The van der Waals surface area contributed by atoms with Crippen LogP contribution in [0, 0.1) is 5.82 Å². The summed E-state index contributed by atoms with van der Waals surface area (Å²) in [6.07, 6.45) is 1.69. The predicted molar refractivity (Wildman–Crippen MR) is 138 cm³/mol. The number of nitrogens with one attached hydrogen (secondary N) is 1. The first kappa shape index (κ1) is 23.0. The van der Waals surface area contributed by atoms with Gasteiger partial charge in [0.2, 0.25) is 0 Å². The number of halogens is 2. The molecule has 174 valence electrons. The van der Waals surface area contributed by atoms with Crippen LogP contribution in [0.4, 0.5) is 4.39 Å². The van der Waals surface area contributed by atoms with E-state index in [1.54, 1.807) is 16.8 Å². The fourth-order valence-corrected chi connectivity index (χ4v) is 4.41. The maximum atomic E-state index is 14.1. The van der Waals surface area contributed by atoms with Crippen molar-refractivity contribution < 1.29 is 4.39 Å². The summed E-state index contributed by atoms with van der Waals surface area (Å²) in [4.78, 5) is 17.9. The Morgan fingerprint density at radius 3 is 2.37 bits per heavy atom. The molecule has 0 bridgehead atoms. The number of benzene rings is 3. The Bertz CT molecular complexity index is 1500. The van der Waals surface area contributed by atoms with E-state index in [9.17, 15) is 9.18 Å². The van der Waals surface area contributed by atoms with Gasteiger partial charge in [-0.3, -0.25) is 9.78 Å². The van der Waals surface area contributed by atoms with E-state index < -0.39 is 0 Å². The Morgan fingerprint density at radius 1 is 0.886 bits per heavy atom. The van der Waals surface area contributed by atoms with Gasteiger partial charge in [0.05, 0.1) is 23.8 Å². The molecule has 5 aromatic rings. The lowest BCUT2D eigenvalue weighted by Crippen LogP contribution is -2.30. The van der Waals surface area contributed by atoms with Gasteiger partial charge in [-0.25, -0.2) is 4.39 Å². The largest absolute Gasteiger partial charge is 0.302 e. The molecule has 2 heterocycles. The maximum Gasteiger partial charge on any atom is 0.255 e. The van der Waals surface area contributed by atoms with Gasteiger partial charge in [-0.15, -0.1) is 0 Å². The number of pyridine rings is 2. The SMILES string of the molecule is O=c1c(CN[C@@H](c2ccccc2)c2ccc(Cl)cc2)cc2ccc(F)cc2n1Cc1ccccn1. The third-order valence-electron chi connectivity index (χ3n) is 6.01. The molecule has 1 N–H and O–H groups in total. The Labute approximate surface area is 207 Å². The van der Waals surface area contributed by atoms with Crippen LogP contribution in [0.25, 0.3) is 10.9 Å². The molecule has 0 aliphatic rings. The molecule has 0 saturated heterocycles. The third kappa shape index (κ3) is 5.16. The highest BCUT2D eigenvalue weighted by Crippen LogP contribution is 2.24. The molecular weight excluding hydrogens is 461 g/mol. The zero-order valence-corrected chi connectivity index (χ0v) is 19.6. The van der Waals surface area contributed by atoms with Gasteiger partial charge in [0, 0.05) is 23.3 Å². The Morgan fingerprint density at radius 2 is 1.63 bits per heavy atom. The normalized spacial score (nSPS) is 12.1. The minimum Gasteiger partial charge on any atom is -0.302 e. The monoisotopic (exact) mass is 483 g/mol. The van der Waals surface area contributed by atoms with E-state index in [2.05, 4.69) is 22.4 Å². The van der Waals surface area contributed by atoms with Crippen LogP contribution in [0.2, 0.25) is 5.02 Å². The van der Waals surface area contributed by atoms with Gasteiger partial charge in [-0.2, -0.15) is 0 Å². The number of aromatic nitrogens is 2. The summed E-state index contributed by atoms with van der Waals surface area (Å²) >= 11 is 6.11. The van der Waals surface area contributed by atoms with Gasteiger partial charge in [0.15, 0.2) is 0 Å². The van der Waals surface area contributed by atoms with Crippen LogP contribution < -0.4 is 10.9 Å². The molecule has 4 nitrogen and oxygen atoms in total. The van der Waals surface area contributed by atoms with E-state index in [0.717, 1.165) is 22.2 Å². The van der Waals surface area contributed by atoms with E-state index in [1.165, 1.54) is 12.1 Å². The van der Waals surface area contributed by atoms with Crippen LogP contribution in [-0.4, -0.2) is 9.55 Å². The molecule has 0 amide bonds. The van der Waals surface area contributed by atoms with Crippen LogP contribution in [0.3, 0.4) is 0 Å². The minimum atomic E-state index is -0.385. The minimum absolute atomic E-state index is 0.138. The highest BCUT2D eigenvalue weighted by molar-refractivity contribution is 6.30. The number of nitrogens with zero attached hydrogens (tertiary/aromatic N) is 2. The molecule has 35 heavy (non-hydrogen) atoms. The quantitative estimate of drug-likeness (QED) is 0.303. The molecule has 3 aromatic carbocycles. The number of fused-ring (bicyclic) bond motifs is 1. The first-order valence-corrected chi connectivity index (χ1v) is 11.7. The summed E-state index contributed by atoms with van der Waals surface area (Å²) < 4.78 is 15.7. The predicted octanol–water partition coefficient (Wildman–Crippen LogP) is 6.12. The van der Waals surface area contributed by atoms with Crippen molar-refractivity contribution in [2.45, 2.75) is 19.1 Å². The van der Waals surface area contributed by atoms with Crippen LogP contribution in [-0.2, 0) is 13.1 Å². The van der Waals surface area contributed by atoms with Crippen molar-refractivity contribution in [3.05, 3.63) is 147 Å². The summed E-state index contributed by atoms with van der Waals surface area (Å²) in [7, 11) is 0. The Hall–Kier alpha value is -3.80. The van der Waals surface area contributed by atoms with E-state index in [0.29, 0.717) is 22.6 Å². The van der Waals surface area contributed by atoms with Crippen molar-refractivity contribution >= 4 is 22.5 Å².